The number of alkyl carbamates (subject to hydrolysis) is 1. The zero-order chi connectivity index (χ0) is 22.8. The Balaban J connectivity index is 2.12. The van der Waals surface area contributed by atoms with Crippen LogP contribution in [0.1, 0.15) is 27.9 Å². The van der Waals surface area contributed by atoms with Crippen LogP contribution in [-0.4, -0.2) is 48.1 Å². The summed E-state index contributed by atoms with van der Waals surface area (Å²) >= 11 is 0. The molecule has 9 heteroatoms. The predicted octanol–water partition coefficient (Wildman–Crippen LogP) is 1.68. The Morgan fingerprint density at radius 2 is 1.68 bits per heavy atom. The molecule has 2 atom stereocenters. The van der Waals surface area contributed by atoms with Crippen molar-refractivity contribution in [2.24, 2.45) is 5.73 Å². The van der Waals surface area contributed by atoms with Gasteiger partial charge in [0.2, 0.25) is 0 Å². The molecule has 0 aliphatic heterocycles. The molecule has 2 rings (SSSR count). The minimum atomic E-state index is -1.24. The van der Waals surface area contributed by atoms with Crippen molar-refractivity contribution in [1.29, 1.82) is 0 Å². The molecule has 0 fully saturated rings. The van der Waals surface area contributed by atoms with Crippen LogP contribution in [0.15, 0.2) is 54.6 Å². The fraction of sp³-hybridized carbons (Fsp3) is 0.273. The van der Waals surface area contributed by atoms with E-state index in [0.717, 1.165) is 5.56 Å². The maximum Gasteiger partial charge on any atom is 0.408 e. The Labute approximate surface area is 179 Å². The van der Waals surface area contributed by atoms with Gasteiger partial charge in [-0.15, -0.1) is 0 Å². The molecule has 31 heavy (non-hydrogen) atoms. The molecule has 0 aromatic heterocycles. The van der Waals surface area contributed by atoms with Crippen molar-refractivity contribution >= 4 is 23.8 Å². The zero-order valence-electron chi connectivity index (χ0n) is 16.9. The molecule has 0 bridgehead atoms. The average molecular weight is 428 g/mol. The summed E-state index contributed by atoms with van der Waals surface area (Å²) < 4.78 is 9.89. The fourth-order valence-corrected chi connectivity index (χ4v) is 2.88. The molecular formula is C22H24N2O7. The molecule has 9 nitrogen and oxygen atoms in total. The topological polar surface area (TPSA) is 145 Å². The van der Waals surface area contributed by atoms with E-state index in [4.69, 9.17) is 20.3 Å². The molecule has 0 heterocycles. The summed E-state index contributed by atoms with van der Waals surface area (Å²) in [6, 6.07) is 13.0. The molecule has 2 aromatic carbocycles. The van der Waals surface area contributed by atoms with Gasteiger partial charge in [0.15, 0.2) is 5.78 Å². The summed E-state index contributed by atoms with van der Waals surface area (Å²) in [6.45, 7) is 0.0136. The van der Waals surface area contributed by atoms with Crippen molar-refractivity contribution in [2.75, 3.05) is 7.11 Å². The molecule has 164 valence electrons. The van der Waals surface area contributed by atoms with Crippen LogP contribution in [-0.2, 0) is 32.1 Å². The maximum atomic E-state index is 12.6. The summed E-state index contributed by atoms with van der Waals surface area (Å²) in [5.74, 6) is -2.50. The Bertz CT molecular complexity index is 930. The van der Waals surface area contributed by atoms with E-state index in [-0.39, 0.29) is 18.6 Å². The highest BCUT2D eigenvalue weighted by molar-refractivity contribution is 6.02. The van der Waals surface area contributed by atoms with Gasteiger partial charge in [0.05, 0.1) is 19.6 Å². The minimum Gasteiger partial charge on any atom is -0.481 e. The van der Waals surface area contributed by atoms with Gasteiger partial charge in [0.25, 0.3) is 0 Å². The number of Topliss-reactive ketones (excluding diaryl/α,β-unsaturated/α-hetero) is 1. The third-order valence-corrected chi connectivity index (χ3v) is 4.43. The molecule has 0 unspecified atom stereocenters. The molecular weight excluding hydrogens is 404 g/mol. The van der Waals surface area contributed by atoms with Crippen molar-refractivity contribution in [2.45, 2.75) is 31.5 Å². The van der Waals surface area contributed by atoms with E-state index in [0.29, 0.717) is 5.56 Å². The number of benzene rings is 2. The lowest BCUT2D eigenvalue weighted by Gasteiger charge is -2.19. The van der Waals surface area contributed by atoms with Crippen LogP contribution in [0.4, 0.5) is 4.79 Å². The summed E-state index contributed by atoms with van der Waals surface area (Å²) in [5.41, 5.74) is 7.05. The van der Waals surface area contributed by atoms with Gasteiger partial charge in [-0.1, -0.05) is 54.6 Å². The highest BCUT2D eigenvalue weighted by atomic mass is 16.6. The van der Waals surface area contributed by atoms with Crippen molar-refractivity contribution in [3.8, 4) is 0 Å². The Hall–Kier alpha value is -3.72. The first kappa shape index (κ1) is 23.6. The summed E-state index contributed by atoms with van der Waals surface area (Å²) in [5, 5.41) is 11.3. The first-order chi connectivity index (χ1) is 14.8. The van der Waals surface area contributed by atoms with E-state index in [1.807, 2.05) is 6.07 Å². The number of ether oxygens (including phenoxy) is 2. The fourth-order valence-electron chi connectivity index (χ4n) is 2.88. The van der Waals surface area contributed by atoms with Crippen molar-refractivity contribution < 1.29 is 33.8 Å². The van der Waals surface area contributed by atoms with E-state index >= 15 is 0 Å². The summed E-state index contributed by atoms with van der Waals surface area (Å²) in [7, 11) is 1.17. The first-order valence-corrected chi connectivity index (χ1v) is 9.46. The number of carbonyl (C=O) groups excluding carboxylic acids is 3. The van der Waals surface area contributed by atoms with Gasteiger partial charge in [-0.25, -0.2) is 9.59 Å². The Morgan fingerprint density at radius 3 is 2.32 bits per heavy atom. The second kappa shape index (κ2) is 11.5. The number of aliphatic carboxylic acids is 1. The lowest BCUT2D eigenvalue weighted by molar-refractivity contribution is -0.143. The van der Waals surface area contributed by atoms with Crippen LogP contribution in [0.2, 0.25) is 0 Å². The molecule has 2 aromatic rings. The lowest BCUT2D eigenvalue weighted by Crippen LogP contribution is -2.43. The highest BCUT2D eigenvalue weighted by Crippen LogP contribution is 2.15. The minimum absolute atomic E-state index is 0.0136. The number of nitrogens with two attached hydrogens (primary N) is 1. The van der Waals surface area contributed by atoms with Gasteiger partial charge in [-0.3, -0.25) is 9.59 Å². The second-order valence-electron chi connectivity index (χ2n) is 6.71. The monoisotopic (exact) mass is 428 g/mol. The normalized spacial score (nSPS) is 12.3. The van der Waals surface area contributed by atoms with Crippen LogP contribution < -0.4 is 11.1 Å². The van der Waals surface area contributed by atoms with Gasteiger partial charge < -0.3 is 25.6 Å². The number of rotatable bonds is 10. The SMILES string of the molecule is COC(=O)[C@H](Cc1ccccc1C(=O)[C@@H](N)CC(=O)O)NC(=O)OCc1ccccc1. The largest absolute Gasteiger partial charge is 0.481 e. The Morgan fingerprint density at radius 1 is 1.03 bits per heavy atom. The number of methoxy groups -OCH3 is 1. The van der Waals surface area contributed by atoms with E-state index in [1.54, 1.807) is 42.5 Å². The van der Waals surface area contributed by atoms with Gasteiger partial charge in [-0.2, -0.15) is 0 Å². The van der Waals surface area contributed by atoms with E-state index in [1.165, 1.54) is 13.2 Å². The molecule has 0 aliphatic rings. The number of carbonyl (C=O) groups is 4. The van der Waals surface area contributed by atoms with Gasteiger partial charge in [0, 0.05) is 12.0 Å². The van der Waals surface area contributed by atoms with Crippen LogP contribution in [0.25, 0.3) is 0 Å². The van der Waals surface area contributed by atoms with Gasteiger partial charge in [0.1, 0.15) is 12.6 Å². The molecule has 0 radical (unpaired) electrons. The summed E-state index contributed by atoms with van der Waals surface area (Å²) in [6.07, 6.45) is -1.43. The number of hydrogen-bond acceptors (Lipinski definition) is 7. The first-order valence-electron chi connectivity index (χ1n) is 9.46. The van der Waals surface area contributed by atoms with Gasteiger partial charge in [-0.05, 0) is 11.1 Å². The average Bonchev–Trinajstić information content (AvgIpc) is 2.76. The molecule has 0 saturated heterocycles. The number of ketones is 1. The predicted molar refractivity (Wildman–Crippen MR) is 110 cm³/mol. The number of nitrogens with one attached hydrogen (secondary N) is 1. The van der Waals surface area contributed by atoms with E-state index in [2.05, 4.69) is 5.32 Å². The smallest absolute Gasteiger partial charge is 0.408 e. The lowest BCUT2D eigenvalue weighted by atomic mass is 9.94. The zero-order valence-corrected chi connectivity index (χ0v) is 16.9. The molecule has 0 aliphatic carbocycles. The number of carboxylic acid groups (broad SMARTS) is 1. The van der Waals surface area contributed by atoms with E-state index < -0.39 is 42.3 Å². The summed E-state index contributed by atoms with van der Waals surface area (Å²) in [4.78, 5) is 47.9. The van der Waals surface area contributed by atoms with Crippen LogP contribution in [0, 0.1) is 0 Å². The molecule has 0 spiro atoms. The quantitative estimate of drug-likeness (QED) is 0.383. The van der Waals surface area contributed by atoms with Crippen molar-refractivity contribution in [3.05, 3.63) is 71.3 Å². The van der Waals surface area contributed by atoms with Crippen LogP contribution in [0.5, 0.6) is 0 Å². The number of esters is 1. The molecule has 0 saturated carbocycles. The van der Waals surface area contributed by atoms with Crippen molar-refractivity contribution in [1.82, 2.24) is 5.32 Å². The molecule has 4 N–H and O–H groups in total. The third-order valence-electron chi connectivity index (χ3n) is 4.43. The maximum absolute atomic E-state index is 12.6. The second-order valence-corrected chi connectivity index (χ2v) is 6.71. The number of hydrogen-bond donors (Lipinski definition) is 3. The van der Waals surface area contributed by atoms with Crippen LogP contribution in [0.3, 0.4) is 0 Å². The number of amides is 1. The molecule has 1 amide bonds. The third kappa shape index (κ3) is 7.23. The highest BCUT2D eigenvalue weighted by Gasteiger charge is 2.27. The van der Waals surface area contributed by atoms with Crippen molar-refractivity contribution in [3.63, 3.8) is 0 Å². The standard InChI is InChI=1S/C22H24N2O7/c1-30-21(28)18(24-22(29)31-13-14-7-3-2-4-8-14)11-15-9-5-6-10-16(15)20(27)17(23)12-19(25)26/h2-10,17-18H,11-13,23H2,1H3,(H,24,29)(H,25,26)/t17-,18-/m0/s1. The number of carboxylic acids is 1. The van der Waals surface area contributed by atoms with E-state index in [9.17, 15) is 19.2 Å². The van der Waals surface area contributed by atoms with Gasteiger partial charge >= 0.3 is 18.0 Å². The van der Waals surface area contributed by atoms with Crippen LogP contribution >= 0.6 is 0 Å². The Kier molecular flexibility index (Phi) is 8.71.